The lowest BCUT2D eigenvalue weighted by molar-refractivity contribution is 0.116. The molecule has 98 valence electrons. The minimum atomic E-state index is 0.536. The number of aromatic nitrogens is 2. The molecule has 0 radical (unpaired) electrons. The van der Waals surface area contributed by atoms with Crippen molar-refractivity contribution in [3.05, 3.63) is 5.01 Å². The molecule has 17 heavy (non-hydrogen) atoms. The Morgan fingerprint density at radius 3 is 2.65 bits per heavy atom. The Balaban J connectivity index is 1.93. The second-order valence-corrected chi connectivity index (χ2v) is 5.03. The maximum Gasteiger partial charge on any atom is 0.219 e. The van der Waals surface area contributed by atoms with E-state index in [1.807, 2.05) is 0 Å². The van der Waals surface area contributed by atoms with E-state index in [0.29, 0.717) is 11.7 Å². The van der Waals surface area contributed by atoms with Crippen LogP contribution < -0.4 is 11.3 Å². The van der Waals surface area contributed by atoms with Crippen LogP contribution in [0.4, 0.5) is 5.13 Å². The van der Waals surface area contributed by atoms with Crippen molar-refractivity contribution in [1.29, 1.82) is 0 Å². The molecule has 0 saturated carbocycles. The van der Waals surface area contributed by atoms with Crippen LogP contribution in [0.2, 0.25) is 0 Å². The van der Waals surface area contributed by atoms with Gasteiger partial charge in [0.15, 0.2) is 0 Å². The van der Waals surface area contributed by atoms with E-state index in [9.17, 15) is 0 Å². The van der Waals surface area contributed by atoms with Crippen molar-refractivity contribution in [2.24, 2.45) is 5.84 Å². The van der Waals surface area contributed by atoms with Crippen molar-refractivity contribution in [3.63, 3.8) is 0 Å². The maximum atomic E-state index is 5.52. The largest absolute Gasteiger partial charge is 0.374 e. The molecule has 0 aliphatic heterocycles. The van der Waals surface area contributed by atoms with E-state index in [0.717, 1.165) is 18.0 Å². The van der Waals surface area contributed by atoms with E-state index in [2.05, 4.69) is 22.5 Å². The van der Waals surface area contributed by atoms with Gasteiger partial charge in [0.2, 0.25) is 5.13 Å². The van der Waals surface area contributed by atoms with Gasteiger partial charge in [-0.1, -0.05) is 50.4 Å². The van der Waals surface area contributed by atoms with Gasteiger partial charge in [-0.05, 0) is 6.42 Å². The van der Waals surface area contributed by atoms with Crippen LogP contribution in [-0.4, -0.2) is 16.8 Å². The highest BCUT2D eigenvalue weighted by molar-refractivity contribution is 7.15. The Bertz CT molecular complexity index is 293. The van der Waals surface area contributed by atoms with Crippen molar-refractivity contribution in [2.45, 2.75) is 52.1 Å². The molecule has 0 atom stereocenters. The third-order valence-corrected chi connectivity index (χ3v) is 3.29. The minimum absolute atomic E-state index is 0.536. The summed E-state index contributed by atoms with van der Waals surface area (Å²) in [4.78, 5) is 0. The molecule has 1 aromatic heterocycles. The number of nitrogen functional groups attached to an aromatic ring is 1. The molecule has 0 aliphatic rings. The molecule has 1 heterocycles. The number of nitrogens with one attached hydrogen (secondary N) is 1. The first-order chi connectivity index (χ1) is 8.36. The number of hydrogen-bond acceptors (Lipinski definition) is 6. The normalized spacial score (nSPS) is 10.7. The first kappa shape index (κ1) is 14.3. The number of unbranched alkanes of at least 4 members (excludes halogenated alkanes) is 5. The summed E-state index contributed by atoms with van der Waals surface area (Å²) in [7, 11) is 0. The molecule has 0 amide bonds. The molecule has 0 aliphatic carbocycles. The van der Waals surface area contributed by atoms with Crippen LogP contribution in [0.3, 0.4) is 0 Å². The van der Waals surface area contributed by atoms with Crippen LogP contribution in [0.15, 0.2) is 0 Å². The van der Waals surface area contributed by atoms with Crippen LogP contribution in [0, 0.1) is 0 Å². The summed E-state index contributed by atoms with van der Waals surface area (Å²) in [6.07, 6.45) is 7.69. The molecule has 0 saturated heterocycles. The third-order valence-electron chi connectivity index (χ3n) is 2.46. The molecule has 0 aromatic carbocycles. The van der Waals surface area contributed by atoms with Gasteiger partial charge in [-0.2, -0.15) is 0 Å². The summed E-state index contributed by atoms with van der Waals surface area (Å²) in [6, 6.07) is 0. The highest BCUT2D eigenvalue weighted by atomic mass is 32.1. The Morgan fingerprint density at radius 1 is 1.18 bits per heavy atom. The first-order valence-corrected chi connectivity index (χ1v) is 7.05. The summed E-state index contributed by atoms with van der Waals surface area (Å²) >= 11 is 1.42. The van der Waals surface area contributed by atoms with Gasteiger partial charge in [0.05, 0.1) is 0 Å². The van der Waals surface area contributed by atoms with Gasteiger partial charge in [0, 0.05) is 6.61 Å². The number of nitrogens with two attached hydrogens (primary N) is 1. The molecule has 3 N–H and O–H groups in total. The van der Waals surface area contributed by atoms with Gasteiger partial charge in [0.1, 0.15) is 11.6 Å². The lowest BCUT2D eigenvalue weighted by Gasteiger charge is -2.01. The van der Waals surface area contributed by atoms with Crippen molar-refractivity contribution < 1.29 is 4.74 Å². The summed E-state index contributed by atoms with van der Waals surface area (Å²) in [5.74, 6) is 5.21. The quantitative estimate of drug-likeness (QED) is 0.383. The van der Waals surface area contributed by atoms with E-state index in [-0.39, 0.29) is 0 Å². The zero-order chi connectivity index (χ0) is 12.3. The minimum Gasteiger partial charge on any atom is -0.374 e. The fraction of sp³-hybridized carbons (Fsp3) is 0.818. The van der Waals surface area contributed by atoms with Crippen LogP contribution in [0.1, 0.15) is 50.5 Å². The SMILES string of the molecule is CCCCCCCCOCc1nnc(NN)s1. The Labute approximate surface area is 107 Å². The van der Waals surface area contributed by atoms with Crippen LogP contribution in [-0.2, 0) is 11.3 Å². The number of rotatable bonds is 10. The molecule has 0 spiro atoms. The number of ether oxygens (including phenoxy) is 1. The zero-order valence-corrected chi connectivity index (χ0v) is 11.3. The van der Waals surface area contributed by atoms with Crippen molar-refractivity contribution in [3.8, 4) is 0 Å². The Kier molecular flexibility index (Phi) is 7.87. The average molecular weight is 258 g/mol. The topological polar surface area (TPSA) is 73.1 Å². The number of anilines is 1. The van der Waals surface area contributed by atoms with Crippen molar-refractivity contribution in [2.75, 3.05) is 12.0 Å². The second-order valence-electron chi connectivity index (χ2n) is 3.97. The molecule has 0 bridgehead atoms. The Morgan fingerprint density at radius 2 is 1.94 bits per heavy atom. The molecule has 1 rings (SSSR count). The van der Waals surface area contributed by atoms with Crippen LogP contribution in [0.5, 0.6) is 0 Å². The number of nitrogens with zero attached hydrogens (tertiary/aromatic N) is 2. The molecular weight excluding hydrogens is 236 g/mol. The molecule has 6 heteroatoms. The molecule has 1 aromatic rings. The van der Waals surface area contributed by atoms with Gasteiger partial charge in [-0.3, -0.25) is 5.43 Å². The maximum absolute atomic E-state index is 5.52. The van der Waals surface area contributed by atoms with Gasteiger partial charge >= 0.3 is 0 Å². The summed E-state index contributed by atoms with van der Waals surface area (Å²) in [5, 5.41) is 9.27. The molecule has 0 unspecified atom stereocenters. The van der Waals surface area contributed by atoms with E-state index >= 15 is 0 Å². The van der Waals surface area contributed by atoms with Crippen molar-refractivity contribution in [1.82, 2.24) is 10.2 Å². The van der Waals surface area contributed by atoms with E-state index in [4.69, 9.17) is 10.6 Å². The van der Waals surface area contributed by atoms with Gasteiger partial charge in [-0.25, -0.2) is 5.84 Å². The molecular formula is C11H22N4OS. The van der Waals surface area contributed by atoms with Gasteiger partial charge in [-0.15, -0.1) is 10.2 Å². The van der Waals surface area contributed by atoms with E-state index in [1.165, 1.54) is 43.4 Å². The lowest BCUT2D eigenvalue weighted by Crippen LogP contribution is -2.05. The third kappa shape index (κ3) is 6.55. The monoisotopic (exact) mass is 258 g/mol. The van der Waals surface area contributed by atoms with Gasteiger partial charge in [0.25, 0.3) is 0 Å². The lowest BCUT2D eigenvalue weighted by atomic mass is 10.1. The predicted octanol–water partition coefficient (Wildman–Crippen LogP) is 2.70. The fourth-order valence-corrected chi connectivity index (χ4v) is 2.10. The second kappa shape index (κ2) is 9.32. The van der Waals surface area contributed by atoms with Crippen molar-refractivity contribution >= 4 is 16.5 Å². The Hall–Kier alpha value is -0.720. The highest BCUT2D eigenvalue weighted by Gasteiger charge is 2.01. The average Bonchev–Trinajstić information content (AvgIpc) is 2.80. The van der Waals surface area contributed by atoms with E-state index in [1.54, 1.807) is 0 Å². The summed E-state index contributed by atoms with van der Waals surface area (Å²) in [6.45, 7) is 3.57. The molecule has 0 fully saturated rings. The number of hydrazine groups is 1. The smallest absolute Gasteiger partial charge is 0.219 e. The highest BCUT2D eigenvalue weighted by Crippen LogP contribution is 2.14. The van der Waals surface area contributed by atoms with E-state index < -0.39 is 0 Å². The van der Waals surface area contributed by atoms with Crippen LogP contribution >= 0.6 is 11.3 Å². The standard InChI is InChI=1S/C11H22N4OS/c1-2-3-4-5-6-7-8-16-9-10-14-15-11(13-12)17-10/h2-9,12H2,1H3,(H,13,15). The predicted molar refractivity (Wildman–Crippen MR) is 70.8 cm³/mol. The molecule has 5 nitrogen and oxygen atoms in total. The van der Waals surface area contributed by atoms with Crippen LogP contribution in [0.25, 0.3) is 0 Å². The summed E-state index contributed by atoms with van der Waals surface area (Å²) < 4.78 is 5.52. The van der Waals surface area contributed by atoms with Gasteiger partial charge < -0.3 is 4.74 Å². The zero-order valence-electron chi connectivity index (χ0n) is 10.4. The first-order valence-electron chi connectivity index (χ1n) is 6.23. The fourth-order valence-electron chi connectivity index (χ4n) is 1.51. The number of hydrogen-bond donors (Lipinski definition) is 2. The summed E-state index contributed by atoms with van der Waals surface area (Å²) in [5.41, 5.74) is 2.47.